The highest BCUT2D eigenvalue weighted by atomic mass is 79.9. The quantitative estimate of drug-likeness (QED) is 0.635. The van der Waals surface area contributed by atoms with Crippen LogP contribution >= 0.6 is 31.9 Å². The van der Waals surface area contributed by atoms with E-state index in [1.54, 1.807) is 0 Å². The first kappa shape index (κ1) is 14.6. The van der Waals surface area contributed by atoms with Crippen LogP contribution in [0.3, 0.4) is 0 Å². The van der Waals surface area contributed by atoms with Gasteiger partial charge in [-0.1, -0.05) is 68.3 Å². The summed E-state index contributed by atoms with van der Waals surface area (Å²) in [5.74, 6) is 1.30. The van der Waals surface area contributed by atoms with Crippen molar-refractivity contribution in [3.63, 3.8) is 0 Å². The summed E-state index contributed by atoms with van der Waals surface area (Å²) in [7, 11) is 0. The fraction of sp³-hybridized carbons (Fsp3) is 0.250. The van der Waals surface area contributed by atoms with Crippen LogP contribution in [0.5, 0.6) is 5.75 Å². The molecule has 0 N–H and O–H groups in total. The SMILES string of the molecule is Cc1ccc(Br)cc1OCC(CBr)c1ccccc1. The standard InChI is InChI=1S/C16H16Br2O/c1-12-7-8-15(18)9-16(12)19-11-14(10-17)13-5-3-2-4-6-13/h2-9,14H,10-11H2,1H3. The highest BCUT2D eigenvalue weighted by Gasteiger charge is 2.11. The molecular weight excluding hydrogens is 368 g/mol. The lowest BCUT2D eigenvalue weighted by Gasteiger charge is -2.17. The van der Waals surface area contributed by atoms with Gasteiger partial charge < -0.3 is 4.74 Å². The average Bonchev–Trinajstić information content (AvgIpc) is 2.44. The molecule has 0 amide bonds. The minimum atomic E-state index is 0.361. The second-order valence-electron chi connectivity index (χ2n) is 4.48. The van der Waals surface area contributed by atoms with Gasteiger partial charge in [-0.05, 0) is 30.2 Å². The number of hydrogen-bond donors (Lipinski definition) is 0. The molecule has 2 aromatic rings. The first-order valence-electron chi connectivity index (χ1n) is 6.20. The minimum Gasteiger partial charge on any atom is -0.493 e. The van der Waals surface area contributed by atoms with Crippen LogP contribution in [0.1, 0.15) is 17.0 Å². The van der Waals surface area contributed by atoms with Crippen molar-refractivity contribution in [3.05, 3.63) is 64.1 Å². The van der Waals surface area contributed by atoms with E-state index in [0.29, 0.717) is 12.5 Å². The van der Waals surface area contributed by atoms with Gasteiger partial charge in [0, 0.05) is 15.7 Å². The van der Waals surface area contributed by atoms with Crippen molar-refractivity contribution in [1.29, 1.82) is 0 Å². The molecule has 0 spiro atoms. The minimum absolute atomic E-state index is 0.361. The van der Waals surface area contributed by atoms with Crippen molar-refractivity contribution in [2.45, 2.75) is 12.8 Å². The van der Waals surface area contributed by atoms with Gasteiger partial charge in [-0.3, -0.25) is 0 Å². The molecule has 1 nitrogen and oxygen atoms in total. The van der Waals surface area contributed by atoms with Gasteiger partial charge in [0.15, 0.2) is 0 Å². The zero-order chi connectivity index (χ0) is 13.7. The van der Waals surface area contributed by atoms with Crippen molar-refractivity contribution in [1.82, 2.24) is 0 Å². The third-order valence-electron chi connectivity index (χ3n) is 3.05. The Morgan fingerprint density at radius 1 is 1.11 bits per heavy atom. The molecule has 0 bridgehead atoms. The highest BCUT2D eigenvalue weighted by Crippen LogP contribution is 2.25. The molecule has 100 valence electrons. The Morgan fingerprint density at radius 2 is 1.84 bits per heavy atom. The van der Waals surface area contributed by atoms with E-state index >= 15 is 0 Å². The van der Waals surface area contributed by atoms with E-state index in [4.69, 9.17) is 4.74 Å². The maximum atomic E-state index is 5.97. The monoisotopic (exact) mass is 382 g/mol. The molecule has 1 unspecified atom stereocenters. The molecule has 2 rings (SSSR count). The molecule has 0 aliphatic heterocycles. The number of hydrogen-bond acceptors (Lipinski definition) is 1. The number of alkyl halides is 1. The van der Waals surface area contributed by atoms with E-state index in [-0.39, 0.29) is 0 Å². The van der Waals surface area contributed by atoms with Crippen LogP contribution in [0.4, 0.5) is 0 Å². The lowest BCUT2D eigenvalue weighted by Crippen LogP contribution is -2.12. The van der Waals surface area contributed by atoms with Gasteiger partial charge in [-0.2, -0.15) is 0 Å². The van der Waals surface area contributed by atoms with Gasteiger partial charge in [0.1, 0.15) is 5.75 Å². The third-order valence-corrected chi connectivity index (χ3v) is 4.32. The van der Waals surface area contributed by atoms with Crippen molar-refractivity contribution in [3.8, 4) is 5.75 Å². The van der Waals surface area contributed by atoms with E-state index in [1.807, 2.05) is 18.2 Å². The second-order valence-corrected chi connectivity index (χ2v) is 6.05. The molecule has 0 aromatic heterocycles. The Hall–Kier alpha value is -0.800. The summed E-state index contributed by atoms with van der Waals surface area (Å²) in [5, 5.41) is 0.893. The van der Waals surface area contributed by atoms with Gasteiger partial charge in [-0.25, -0.2) is 0 Å². The number of aryl methyl sites for hydroxylation is 1. The molecule has 1 atom stereocenters. The summed E-state index contributed by atoms with van der Waals surface area (Å²) < 4.78 is 7.01. The smallest absolute Gasteiger partial charge is 0.123 e. The van der Waals surface area contributed by atoms with Gasteiger partial charge in [0.05, 0.1) is 6.61 Å². The van der Waals surface area contributed by atoms with Crippen LogP contribution in [-0.4, -0.2) is 11.9 Å². The molecule has 0 fully saturated rings. The highest BCUT2D eigenvalue weighted by molar-refractivity contribution is 9.10. The predicted octanol–water partition coefficient (Wildman–Crippen LogP) is 5.32. The van der Waals surface area contributed by atoms with Crippen molar-refractivity contribution < 1.29 is 4.74 Å². The van der Waals surface area contributed by atoms with Crippen molar-refractivity contribution >= 4 is 31.9 Å². The molecule has 0 aliphatic rings. The van der Waals surface area contributed by atoms with E-state index in [9.17, 15) is 0 Å². The zero-order valence-corrected chi connectivity index (χ0v) is 13.9. The van der Waals surface area contributed by atoms with Gasteiger partial charge in [0.25, 0.3) is 0 Å². The molecule has 2 aromatic carbocycles. The van der Waals surface area contributed by atoms with Crippen LogP contribution in [-0.2, 0) is 0 Å². The average molecular weight is 384 g/mol. The zero-order valence-electron chi connectivity index (χ0n) is 10.8. The summed E-state index contributed by atoms with van der Waals surface area (Å²) in [6, 6.07) is 16.6. The van der Waals surface area contributed by atoms with Gasteiger partial charge in [0.2, 0.25) is 0 Å². The summed E-state index contributed by atoms with van der Waals surface area (Å²) in [4.78, 5) is 0. The normalized spacial score (nSPS) is 12.2. The lowest BCUT2D eigenvalue weighted by molar-refractivity contribution is 0.296. The van der Waals surface area contributed by atoms with E-state index in [1.165, 1.54) is 5.56 Å². The Balaban J connectivity index is 2.06. The summed E-state index contributed by atoms with van der Waals surface area (Å²) in [6.07, 6.45) is 0. The first-order chi connectivity index (χ1) is 9.20. The Kier molecular flexibility index (Phi) is 5.46. The largest absolute Gasteiger partial charge is 0.493 e. The molecule has 3 heteroatoms. The fourth-order valence-electron chi connectivity index (χ4n) is 1.87. The van der Waals surface area contributed by atoms with Crippen LogP contribution in [0.25, 0.3) is 0 Å². The van der Waals surface area contributed by atoms with Gasteiger partial charge >= 0.3 is 0 Å². The number of halogens is 2. The molecule has 0 radical (unpaired) electrons. The molecule has 0 saturated carbocycles. The molecule has 19 heavy (non-hydrogen) atoms. The van der Waals surface area contributed by atoms with E-state index in [0.717, 1.165) is 21.1 Å². The first-order valence-corrected chi connectivity index (χ1v) is 8.12. The fourth-order valence-corrected chi connectivity index (χ4v) is 2.78. The van der Waals surface area contributed by atoms with Crippen molar-refractivity contribution in [2.75, 3.05) is 11.9 Å². The maximum absolute atomic E-state index is 5.97. The Morgan fingerprint density at radius 3 is 2.53 bits per heavy atom. The summed E-state index contributed by atoms with van der Waals surface area (Å²) in [6.45, 7) is 2.74. The Labute approximate surface area is 131 Å². The van der Waals surface area contributed by atoms with Crippen LogP contribution in [0, 0.1) is 6.92 Å². The van der Waals surface area contributed by atoms with E-state index in [2.05, 4.69) is 69.1 Å². The van der Waals surface area contributed by atoms with Crippen LogP contribution in [0.2, 0.25) is 0 Å². The molecular formula is C16H16Br2O. The maximum Gasteiger partial charge on any atom is 0.123 e. The number of benzene rings is 2. The second kappa shape index (κ2) is 7.11. The predicted molar refractivity (Wildman–Crippen MR) is 87.4 cm³/mol. The van der Waals surface area contributed by atoms with Gasteiger partial charge in [-0.15, -0.1) is 0 Å². The summed E-state index contributed by atoms with van der Waals surface area (Å²) in [5.41, 5.74) is 2.46. The van der Waals surface area contributed by atoms with Crippen molar-refractivity contribution in [2.24, 2.45) is 0 Å². The van der Waals surface area contributed by atoms with Crippen LogP contribution in [0.15, 0.2) is 53.0 Å². The molecule has 0 heterocycles. The third kappa shape index (κ3) is 4.08. The topological polar surface area (TPSA) is 9.23 Å². The number of ether oxygens (including phenoxy) is 1. The molecule has 0 aliphatic carbocycles. The number of rotatable bonds is 5. The summed E-state index contributed by atoms with van der Waals surface area (Å²) >= 11 is 7.05. The Bertz CT molecular complexity index is 526. The lowest BCUT2D eigenvalue weighted by atomic mass is 10.0. The van der Waals surface area contributed by atoms with E-state index < -0.39 is 0 Å². The molecule has 0 saturated heterocycles. The van der Waals surface area contributed by atoms with Crippen LogP contribution < -0.4 is 4.74 Å².